The SMILES string of the molecule is CC(=O)c1cc(C(C)=O)cc(N(C#N)C(N)=NCCC(=O)N2CCC[C@@H](Cc3ccc(F)cc3)C2)c1. The molecule has 1 heterocycles. The molecule has 0 saturated carbocycles. The number of Topliss-reactive ketones (excluding diaryl/α,β-unsaturated/α-hetero) is 2. The van der Waals surface area contributed by atoms with Crippen LogP contribution in [0.5, 0.6) is 0 Å². The molecule has 0 aromatic heterocycles. The van der Waals surface area contributed by atoms with E-state index in [9.17, 15) is 24.0 Å². The maximum atomic E-state index is 13.2. The van der Waals surface area contributed by atoms with E-state index in [0.29, 0.717) is 19.0 Å². The molecular weight excluding hydrogens is 461 g/mol. The van der Waals surface area contributed by atoms with E-state index in [2.05, 4.69) is 4.99 Å². The second kappa shape index (κ2) is 12.1. The van der Waals surface area contributed by atoms with Crippen molar-refractivity contribution in [3.63, 3.8) is 0 Å². The highest BCUT2D eigenvalue weighted by molar-refractivity contribution is 6.04. The van der Waals surface area contributed by atoms with Gasteiger partial charge < -0.3 is 10.6 Å². The van der Waals surface area contributed by atoms with Gasteiger partial charge in [0.2, 0.25) is 11.9 Å². The average Bonchev–Trinajstić information content (AvgIpc) is 2.85. The molecule has 3 rings (SSSR count). The number of guanidine groups is 1. The Balaban J connectivity index is 1.61. The molecule has 1 aliphatic heterocycles. The molecule has 0 bridgehead atoms. The number of ketones is 2. The number of nitrogens with two attached hydrogens (primary N) is 1. The molecular formula is C27H30FN5O3. The van der Waals surface area contributed by atoms with Crippen LogP contribution in [0.4, 0.5) is 10.1 Å². The van der Waals surface area contributed by atoms with E-state index in [1.165, 1.54) is 44.2 Å². The van der Waals surface area contributed by atoms with Gasteiger partial charge >= 0.3 is 0 Å². The summed E-state index contributed by atoms with van der Waals surface area (Å²) in [5.74, 6) is -0.639. The number of likely N-dealkylation sites (tertiary alicyclic amines) is 1. The fourth-order valence-electron chi connectivity index (χ4n) is 4.29. The van der Waals surface area contributed by atoms with E-state index in [1.807, 2.05) is 11.1 Å². The number of nitriles is 1. The van der Waals surface area contributed by atoms with Gasteiger partial charge in [0, 0.05) is 30.6 Å². The van der Waals surface area contributed by atoms with Crippen LogP contribution in [0, 0.1) is 23.2 Å². The van der Waals surface area contributed by atoms with E-state index in [0.717, 1.165) is 29.7 Å². The smallest absolute Gasteiger partial charge is 0.224 e. The first-order valence-electron chi connectivity index (χ1n) is 11.9. The van der Waals surface area contributed by atoms with Crippen molar-refractivity contribution in [3.05, 3.63) is 65.0 Å². The highest BCUT2D eigenvalue weighted by atomic mass is 19.1. The molecule has 9 heteroatoms. The number of piperidine rings is 1. The molecule has 0 aliphatic carbocycles. The van der Waals surface area contributed by atoms with Crippen molar-refractivity contribution in [2.75, 3.05) is 24.5 Å². The molecule has 0 unspecified atom stereocenters. The number of aliphatic imine (C=N–C) groups is 1. The molecule has 0 spiro atoms. The summed E-state index contributed by atoms with van der Waals surface area (Å²) in [6, 6.07) is 10.9. The summed E-state index contributed by atoms with van der Waals surface area (Å²) in [6.45, 7) is 4.13. The van der Waals surface area contributed by atoms with Crippen LogP contribution in [0.15, 0.2) is 47.5 Å². The van der Waals surface area contributed by atoms with Crippen molar-refractivity contribution in [1.29, 1.82) is 5.26 Å². The predicted molar refractivity (Wildman–Crippen MR) is 135 cm³/mol. The molecule has 1 fully saturated rings. The normalized spacial score (nSPS) is 15.8. The van der Waals surface area contributed by atoms with Crippen LogP contribution in [0.1, 0.15) is 59.4 Å². The Labute approximate surface area is 210 Å². The molecule has 1 saturated heterocycles. The molecule has 0 radical (unpaired) electrons. The van der Waals surface area contributed by atoms with Gasteiger partial charge in [0.25, 0.3) is 0 Å². The van der Waals surface area contributed by atoms with Crippen LogP contribution in [0.25, 0.3) is 0 Å². The van der Waals surface area contributed by atoms with Crippen molar-refractivity contribution in [1.82, 2.24) is 4.90 Å². The lowest BCUT2D eigenvalue weighted by molar-refractivity contribution is -0.132. The topological polar surface area (TPSA) is 120 Å². The Morgan fingerprint density at radius 1 is 1.14 bits per heavy atom. The molecule has 2 aromatic rings. The van der Waals surface area contributed by atoms with E-state index in [1.54, 1.807) is 12.1 Å². The maximum absolute atomic E-state index is 13.2. The number of amides is 1. The minimum Gasteiger partial charge on any atom is -0.369 e. The lowest BCUT2D eigenvalue weighted by atomic mass is 9.91. The first-order valence-corrected chi connectivity index (χ1v) is 11.9. The number of nitrogens with zero attached hydrogens (tertiary/aromatic N) is 4. The Bertz CT molecular complexity index is 1170. The Morgan fingerprint density at radius 3 is 2.36 bits per heavy atom. The predicted octanol–water partition coefficient (Wildman–Crippen LogP) is 3.70. The number of anilines is 1. The van der Waals surface area contributed by atoms with Crippen molar-refractivity contribution in [2.24, 2.45) is 16.6 Å². The first-order chi connectivity index (χ1) is 17.2. The fourth-order valence-corrected chi connectivity index (χ4v) is 4.29. The van der Waals surface area contributed by atoms with Crippen molar-refractivity contribution in [3.8, 4) is 6.19 Å². The number of carbonyl (C=O) groups excluding carboxylic acids is 3. The zero-order valence-electron chi connectivity index (χ0n) is 20.5. The number of hydrogen-bond acceptors (Lipinski definition) is 5. The third kappa shape index (κ3) is 6.98. The summed E-state index contributed by atoms with van der Waals surface area (Å²) in [5.41, 5.74) is 7.89. The number of rotatable bonds is 8. The summed E-state index contributed by atoms with van der Waals surface area (Å²) in [6.07, 6.45) is 4.74. The van der Waals surface area contributed by atoms with Gasteiger partial charge in [-0.05, 0) is 74.9 Å². The summed E-state index contributed by atoms with van der Waals surface area (Å²) in [4.78, 5) is 43.5. The molecule has 36 heavy (non-hydrogen) atoms. The number of carbonyl (C=O) groups is 3. The monoisotopic (exact) mass is 491 g/mol. The quantitative estimate of drug-likeness (QED) is 0.198. The van der Waals surface area contributed by atoms with Gasteiger partial charge in [0.1, 0.15) is 5.82 Å². The number of halogens is 1. The average molecular weight is 492 g/mol. The Kier molecular flexibility index (Phi) is 8.90. The van der Waals surface area contributed by atoms with Crippen LogP contribution >= 0.6 is 0 Å². The van der Waals surface area contributed by atoms with Gasteiger partial charge in [-0.2, -0.15) is 5.26 Å². The second-order valence-corrected chi connectivity index (χ2v) is 8.98. The van der Waals surface area contributed by atoms with Crippen molar-refractivity contribution in [2.45, 2.75) is 39.5 Å². The number of benzene rings is 2. The zero-order chi connectivity index (χ0) is 26.2. The van der Waals surface area contributed by atoms with Gasteiger partial charge in [-0.1, -0.05) is 12.1 Å². The minimum atomic E-state index is -0.264. The highest BCUT2D eigenvalue weighted by Crippen LogP contribution is 2.22. The van der Waals surface area contributed by atoms with Gasteiger partial charge in [0.15, 0.2) is 17.8 Å². The standard InChI is InChI=1S/C27H30FN5O3/c1-18(34)22-13-23(19(2)35)15-25(14-22)33(17-29)27(30)31-10-9-26(36)32-11-3-4-21(16-32)12-20-5-7-24(28)8-6-20/h5-8,13-15,21H,3-4,9-12,16H2,1-2H3,(H2,30,31)/t21-/m0/s1. The summed E-state index contributed by atoms with van der Waals surface area (Å²) in [5, 5.41) is 9.64. The van der Waals surface area contributed by atoms with E-state index in [4.69, 9.17) is 5.73 Å². The van der Waals surface area contributed by atoms with Gasteiger partial charge in [0.05, 0.1) is 12.2 Å². The van der Waals surface area contributed by atoms with Crippen LogP contribution in [-0.4, -0.2) is 48.0 Å². The lowest BCUT2D eigenvalue weighted by Crippen LogP contribution is -2.41. The molecule has 2 aromatic carbocycles. The minimum absolute atomic E-state index is 0.0451. The van der Waals surface area contributed by atoms with Crippen molar-refractivity contribution >= 4 is 29.1 Å². The largest absolute Gasteiger partial charge is 0.369 e. The molecule has 188 valence electrons. The van der Waals surface area contributed by atoms with Gasteiger partial charge in [-0.15, -0.1) is 0 Å². The van der Waals surface area contributed by atoms with Crippen LogP contribution in [-0.2, 0) is 11.2 Å². The zero-order valence-corrected chi connectivity index (χ0v) is 20.5. The third-order valence-corrected chi connectivity index (χ3v) is 6.23. The van der Waals surface area contributed by atoms with E-state index >= 15 is 0 Å². The first kappa shape index (κ1) is 26.5. The highest BCUT2D eigenvalue weighted by Gasteiger charge is 2.24. The Hall–Kier alpha value is -4.06. The lowest BCUT2D eigenvalue weighted by Gasteiger charge is -2.33. The molecule has 1 amide bonds. The Morgan fingerprint density at radius 2 is 1.78 bits per heavy atom. The fraction of sp³-hybridized carbons (Fsp3) is 0.370. The number of hydrogen-bond donors (Lipinski definition) is 1. The van der Waals surface area contributed by atoms with Crippen LogP contribution < -0.4 is 10.6 Å². The van der Waals surface area contributed by atoms with Gasteiger partial charge in [-0.25, -0.2) is 9.29 Å². The maximum Gasteiger partial charge on any atom is 0.224 e. The van der Waals surface area contributed by atoms with Gasteiger partial charge in [-0.3, -0.25) is 19.4 Å². The molecule has 1 aliphatic rings. The van der Waals surface area contributed by atoms with Crippen LogP contribution in [0.2, 0.25) is 0 Å². The molecule has 1 atom stereocenters. The third-order valence-electron chi connectivity index (χ3n) is 6.23. The summed E-state index contributed by atoms with van der Waals surface area (Å²) >= 11 is 0. The second-order valence-electron chi connectivity index (χ2n) is 8.98. The molecule has 8 nitrogen and oxygen atoms in total. The molecule has 2 N–H and O–H groups in total. The van der Waals surface area contributed by atoms with E-state index < -0.39 is 0 Å². The van der Waals surface area contributed by atoms with Crippen molar-refractivity contribution < 1.29 is 18.8 Å². The van der Waals surface area contributed by atoms with Crippen LogP contribution in [0.3, 0.4) is 0 Å². The summed E-state index contributed by atoms with van der Waals surface area (Å²) < 4.78 is 13.2. The van der Waals surface area contributed by atoms with E-state index in [-0.39, 0.29) is 59.0 Å². The summed E-state index contributed by atoms with van der Waals surface area (Å²) in [7, 11) is 0.